The summed E-state index contributed by atoms with van der Waals surface area (Å²) in [4.78, 5) is 66.7. The van der Waals surface area contributed by atoms with Gasteiger partial charge in [-0.15, -0.1) is 0 Å². The van der Waals surface area contributed by atoms with E-state index in [1.807, 2.05) is 0 Å². The molecule has 0 unspecified atom stereocenters. The molecule has 0 saturated carbocycles. The number of cyclic esters (lactones) is 1. The van der Waals surface area contributed by atoms with Gasteiger partial charge in [-0.25, -0.2) is 4.79 Å². The number of rotatable bonds is 4. The van der Waals surface area contributed by atoms with Crippen molar-refractivity contribution in [2.24, 2.45) is 0 Å². The standard InChI is InChI=1S/C24H32N4O7S/c1-14(29)28-10-6-8-19(28)22(31)25-17-11-35-24(33)15-7-5-9-20(34-4)16(15)12-36-13-18(26-21(17)30)23(32)27(2)3/h5,7,9,17-19H,6,8,10-13H2,1-4H3,(H,25,31)(H,26,30)/t17-,18-,19+/m1/s1. The number of methoxy groups -OCH3 is 1. The van der Waals surface area contributed by atoms with Gasteiger partial charge in [0.05, 0.1) is 12.7 Å². The second-order valence-electron chi connectivity index (χ2n) is 8.83. The van der Waals surface area contributed by atoms with E-state index in [1.165, 1.54) is 35.6 Å². The molecular formula is C24H32N4O7S. The van der Waals surface area contributed by atoms with Crippen LogP contribution in [0, 0.1) is 0 Å². The summed E-state index contributed by atoms with van der Waals surface area (Å²) < 4.78 is 10.9. The number of thioether (sulfide) groups is 1. The van der Waals surface area contributed by atoms with Crippen molar-refractivity contribution in [3.63, 3.8) is 0 Å². The average Bonchev–Trinajstić information content (AvgIpc) is 3.35. The van der Waals surface area contributed by atoms with Crippen LogP contribution in [0.15, 0.2) is 18.2 Å². The maximum absolute atomic E-state index is 13.2. The van der Waals surface area contributed by atoms with Crippen molar-refractivity contribution in [3.8, 4) is 5.75 Å². The Hall–Kier alpha value is -3.28. The molecule has 12 heteroatoms. The van der Waals surface area contributed by atoms with Gasteiger partial charge in [0, 0.05) is 44.6 Å². The van der Waals surface area contributed by atoms with E-state index in [0.717, 1.165) is 0 Å². The molecule has 0 spiro atoms. The summed E-state index contributed by atoms with van der Waals surface area (Å²) in [6, 6.07) is 2.15. The Labute approximate surface area is 214 Å². The average molecular weight is 521 g/mol. The number of fused-ring (bicyclic) bond motifs is 1. The van der Waals surface area contributed by atoms with Crippen molar-refractivity contribution in [2.45, 2.75) is 43.6 Å². The van der Waals surface area contributed by atoms with Crippen molar-refractivity contribution >= 4 is 41.4 Å². The minimum absolute atomic E-state index is 0.233. The molecule has 2 aliphatic heterocycles. The number of esters is 1. The molecule has 36 heavy (non-hydrogen) atoms. The van der Waals surface area contributed by atoms with Crippen LogP contribution in [-0.2, 0) is 29.7 Å². The van der Waals surface area contributed by atoms with Crippen LogP contribution in [0.2, 0.25) is 0 Å². The van der Waals surface area contributed by atoms with Gasteiger partial charge >= 0.3 is 5.97 Å². The molecule has 4 amide bonds. The first-order valence-electron chi connectivity index (χ1n) is 11.6. The zero-order valence-corrected chi connectivity index (χ0v) is 21.7. The molecular weight excluding hydrogens is 488 g/mol. The number of amides is 4. The first kappa shape index (κ1) is 27.3. The zero-order chi connectivity index (χ0) is 26.4. The monoisotopic (exact) mass is 520 g/mol. The predicted molar refractivity (Wildman–Crippen MR) is 132 cm³/mol. The summed E-state index contributed by atoms with van der Waals surface area (Å²) >= 11 is 1.36. The minimum Gasteiger partial charge on any atom is -0.496 e. The second-order valence-corrected chi connectivity index (χ2v) is 9.86. The fourth-order valence-electron chi connectivity index (χ4n) is 4.24. The van der Waals surface area contributed by atoms with Crippen molar-refractivity contribution in [1.29, 1.82) is 0 Å². The van der Waals surface area contributed by atoms with E-state index in [9.17, 15) is 24.0 Å². The molecule has 0 aliphatic carbocycles. The number of likely N-dealkylation sites (N-methyl/N-ethyl adjacent to an activating group) is 1. The van der Waals surface area contributed by atoms with E-state index < -0.39 is 42.5 Å². The third-order valence-corrected chi connectivity index (χ3v) is 7.19. The molecule has 2 heterocycles. The summed E-state index contributed by atoms with van der Waals surface area (Å²) in [5.74, 6) is -1.29. The molecule has 1 fully saturated rings. The van der Waals surface area contributed by atoms with Gasteiger partial charge in [0.25, 0.3) is 0 Å². The fraction of sp³-hybridized carbons (Fsp3) is 0.542. The van der Waals surface area contributed by atoms with Gasteiger partial charge in [-0.3, -0.25) is 19.2 Å². The quantitative estimate of drug-likeness (QED) is 0.537. The number of ether oxygens (including phenoxy) is 2. The Morgan fingerprint density at radius 3 is 2.67 bits per heavy atom. The Morgan fingerprint density at radius 1 is 1.25 bits per heavy atom. The molecule has 1 saturated heterocycles. The first-order valence-corrected chi connectivity index (χ1v) is 12.8. The number of nitrogens with one attached hydrogen (secondary N) is 2. The van der Waals surface area contributed by atoms with Crippen LogP contribution in [0.5, 0.6) is 5.75 Å². The Morgan fingerprint density at radius 2 is 2.00 bits per heavy atom. The van der Waals surface area contributed by atoms with Crippen molar-refractivity contribution in [3.05, 3.63) is 29.3 Å². The largest absolute Gasteiger partial charge is 0.496 e. The van der Waals surface area contributed by atoms with E-state index in [0.29, 0.717) is 36.5 Å². The molecule has 1 aromatic rings. The number of benzene rings is 1. The SMILES string of the molecule is COc1cccc2c1CSC[C@H](C(=O)N(C)C)NC(=O)[C@H](NC(=O)[C@@H]1CCCN1C(C)=O)COC2=O. The number of hydrogen-bond donors (Lipinski definition) is 2. The Bertz CT molecular complexity index is 1030. The lowest BCUT2D eigenvalue weighted by atomic mass is 10.1. The third kappa shape index (κ3) is 6.28. The van der Waals surface area contributed by atoms with Crippen molar-refractivity contribution < 1.29 is 33.4 Å². The summed E-state index contributed by atoms with van der Waals surface area (Å²) in [5.41, 5.74) is 0.892. The first-order chi connectivity index (χ1) is 17.1. The number of hydrogen-bond acceptors (Lipinski definition) is 8. The number of carbonyl (C=O) groups is 5. The van der Waals surface area contributed by atoms with Crippen LogP contribution in [0.25, 0.3) is 0 Å². The molecule has 0 bridgehead atoms. The molecule has 3 rings (SSSR count). The molecule has 3 atom stereocenters. The molecule has 196 valence electrons. The number of carbonyl (C=O) groups excluding carboxylic acids is 5. The van der Waals surface area contributed by atoms with Crippen LogP contribution < -0.4 is 15.4 Å². The number of likely N-dealkylation sites (tertiary alicyclic amines) is 1. The van der Waals surface area contributed by atoms with Crippen LogP contribution in [0.1, 0.15) is 35.7 Å². The lowest BCUT2D eigenvalue weighted by Crippen LogP contribution is -2.58. The Kier molecular flexibility index (Phi) is 9.19. The van der Waals surface area contributed by atoms with Crippen molar-refractivity contribution in [2.75, 3.05) is 40.1 Å². The van der Waals surface area contributed by atoms with Crippen LogP contribution in [0.4, 0.5) is 0 Å². The molecule has 2 aliphatic rings. The van der Waals surface area contributed by atoms with Crippen LogP contribution in [-0.4, -0.2) is 97.6 Å². The maximum atomic E-state index is 13.2. The highest BCUT2D eigenvalue weighted by atomic mass is 32.2. The molecule has 0 radical (unpaired) electrons. The molecule has 0 aromatic heterocycles. The summed E-state index contributed by atoms with van der Waals surface area (Å²) in [6.45, 7) is 1.39. The fourth-order valence-corrected chi connectivity index (χ4v) is 5.32. The second kappa shape index (κ2) is 12.1. The zero-order valence-electron chi connectivity index (χ0n) is 20.9. The van der Waals surface area contributed by atoms with Gasteiger partial charge in [-0.05, 0) is 25.0 Å². The van der Waals surface area contributed by atoms with Gasteiger partial charge in [-0.1, -0.05) is 6.07 Å². The van der Waals surface area contributed by atoms with Gasteiger partial charge in [0.1, 0.15) is 30.5 Å². The van der Waals surface area contributed by atoms with Gasteiger partial charge in [0.2, 0.25) is 23.6 Å². The van der Waals surface area contributed by atoms with Crippen LogP contribution >= 0.6 is 11.8 Å². The summed E-state index contributed by atoms with van der Waals surface area (Å²) in [7, 11) is 4.68. The van der Waals surface area contributed by atoms with E-state index in [2.05, 4.69) is 10.6 Å². The van der Waals surface area contributed by atoms with Crippen LogP contribution in [0.3, 0.4) is 0 Å². The smallest absolute Gasteiger partial charge is 0.338 e. The number of nitrogens with zero attached hydrogens (tertiary/aromatic N) is 2. The van der Waals surface area contributed by atoms with Gasteiger partial charge in [-0.2, -0.15) is 11.8 Å². The van der Waals surface area contributed by atoms with E-state index in [-0.39, 0.29) is 23.1 Å². The summed E-state index contributed by atoms with van der Waals surface area (Å²) in [5, 5.41) is 5.32. The highest BCUT2D eigenvalue weighted by molar-refractivity contribution is 7.98. The van der Waals surface area contributed by atoms with Crippen molar-refractivity contribution in [1.82, 2.24) is 20.4 Å². The molecule has 1 aromatic carbocycles. The van der Waals surface area contributed by atoms with Gasteiger partial charge in [0.15, 0.2) is 0 Å². The van der Waals surface area contributed by atoms with E-state index in [4.69, 9.17) is 9.47 Å². The van der Waals surface area contributed by atoms with E-state index >= 15 is 0 Å². The molecule has 2 N–H and O–H groups in total. The highest BCUT2D eigenvalue weighted by Gasteiger charge is 2.36. The maximum Gasteiger partial charge on any atom is 0.338 e. The highest BCUT2D eigenvalue weighted by Crippen LogP contribution is 2.28. The summed E-state index contributed by atoms with van der Waals surface area (Å²) in [6.07, 6.45) is 1.13. The minimum atomic E-state index is -1.26. The predicted octanol–water partition coefficient (Wildman–Crippen LogP) is 0.168. The normalized spacial score (nSPS) is 22.8. The van der Waals surface area contributed by atoms with E-state index in [1.54, 1.807) is 32.3 Å². The topological polar surface area (TPSA) is 134 Å². The lowest BCUT2D eigenvalue weighted by molar-refractivity contribution is -0.139. The molecule has 11 nitrogen and oxygen atoms in total. The lowest BCUT2D eigenvalue weighted by Gasteiger charge is -2.28. The third-order valence-electron chi connectivity index (χ3n) is 6.13. The van der Waals surface area contributed by atoms with Gasteiger partial charge < -0.3 is 29.9 Å². The Balaban J connectivity index is 1.90.